The third-order valence-corrected chi connectivity index (χ3v) is 3.95. The van der Waals surface area contributed by atoms with Crippen LogP contribution in [-0.4, -0.2) is 23.2 Å². The molecule has 1 aliphatic rings. The summed E-state index contributed by atoms with van der Waals surface area (Å²) in [5.74, 6) is 0.556. The van der Waals surface area contributed by atoms with Gasteiger partial charge in [0.1, 0.15) is 0 Å². The topological polar surface area (TPSA) is 41.1 Å². The number of benzene rings is 1. The molecule has 2 N–H and O–H groups in total. The molecular formula is C16H24N2OS. The Bertz CT molecular complexity index is 464. The van der Waals surface area contributed by atoms with Crippen molar-refractivity contribution in [1.82, 2.24) is 10.6 Å². The average molecular weight is 292 g/mol. The summed E-state index contributed by atoms with van der Waals surface area (Å²) in [4.78, 5) is 13.0. The minimum atomic E-state index is -0.159. The molecule has 110 valence electrons. The Kier molecular flexibility index (Phi) is 5.11. The molecule has 1 aromatic carbocycles. The van der Waals surface area contributed by atoms with Gasteiger partial charge in [-0.2, -0.15) is 0 Å². The van der Waals surface area contributed by atoms with Gasteiger partial charge in [0.15, 0.2) is 0 Å². The van der Waals surface area contributed by atoms with E-state index in [4.69, 9.17) is 0 Å². The predicted octanol–water partition coefficient (Wildman–Crippen LogP) is 2.95. The van der Waals surface area contributed by atoms with Crippen LogP contribution in [-0.2, 0) is 11.3 Å². The summed E-state index contributed by atoms with van der Waals surface area (Å²) in [6, 6.07) is 9.16. The average Bonchev–Trinajstić information content (AvgIpc) is 3.16. The van der Waals surface area contributed by atoms with Crippen LogP contribution in [0.5, 0.6) is 0 Å². The number of rotatable bonds is 6. The summed E-state index contributed by atoms with van der Waals surface area (Å²) in [6.45, 7) is 6.92. The molecule has 4 heteroatoms. The molecule has 2 rings (SSSR count). The second kappa shape index (κ2) is 6.64. The minimum Gasteiger partial charge on any atom is -0.351 e. The molecule has 3 nitrogen and oxygen atoms in total. The number of amides is 1. The van der Waals surface area contributed by atoms with Crippen LogP contribution in [0.1, 0.15) is 39.2 Å². The van der Waals surface area contributed by atoms with E-state index in [1.165, 1.54) is 18.4 Å². The van der Waals surface area contributed by atoms with E-state index in [0.29, 0.717) is 5.75 Å². The lowest BCUT2D eigenvalue weighted by Gasteiger charge is -2.20. The molecule has 1 aliphatic carbocycles. The summed E-state index contributed by atoms with van der Waals surface area (Å²) in [6.07, 6.45) is 2.61. The van der Waals surface area contributed by atoms with Crippen molar-refractivity contribution in [2.24, 2.45) is 0 Å². The largest absolute Gasteiger partial charge is 0.351 e. The standard InChI is InChI=1S/C16H24N2OS/c1-16(2,3)18-15(19)11-20-14-6-4-5-12(9-14)10-17-13-7-8-13/h4-6,9,13,17H,7-8,10-11H2,1-3H3,(H,18,19). The van der Waals surface area contributed by atoms with E-state index in [2.05, 4.69) is 34.9 Å². The Labute approximate surface area is 125 Å². The van der Waals surface area contributed by atoms with E-state index >= 15 is 0 Å². The molecule has 0 heterocycles. The van der Waals surface area contributed by atoms with Crippen LogP contribution in [0.2, 0.25) is 0 Å². The third kappa shape index (κ3) is 5.97. The highest BCUT2D eigenvalue weighted by molar-refractivity contribution is 8.00. The van der Waals surface area contributed by atoms with Gasteiger partial charge >= 0.3 is 0 Å². The van der Waals surface area contributed by atoms with Gasteiger partial charge in [0, 0.05) is 23.0 Å². The number of hydrogen-bond donors (Lipinski definition) is 2. The van der Waals surface area contributed by atoms with Gasteiger partial charge in [0.25, 0.3) is 0 Å². The van der Waals surface area contributed by atoms with Gasteiger partial charge in [-0.3, -0.25) is 4.79 Å². The monoisotopic (exact) mass is 292 g/mol. The molecule has 1 fully saturated rings. The minimum absolute atomic E-state index is 0.0870. The van der Waals surface area contributed by atoms with Crippen molar-refractivity contribution in [3.8, 4) is 0 Å². The lowest BCUT2D eigenvalue weighted by atomic mass is 10.1. The zero-order chi connectivity index (χ0) is 14.6. The fourth-order valence-corrected chi connectivity index (χ4v) is 2.68. The summed E-state index contributed by atoms with van der Waals surface area (Å²) in [7, 11) is 0. The second-order valence-electron chi connectivity index (χ2n) is 6.39. The Balaban J connectivity index is 1.79. The van der Waals surface area contributed by atoms with E-state index in [1.807, 2.05) is 20.8 Å². The van der Waals surface area contributed by atoms with Gasteiger partial charge in [0.05, 0.1) is 5.75 Å². The maximum Gasteiger partial charge on any atom is 0.230 e. The summed E-state index contributed by atoms with van der Waals surface area (Å²) in [5.41, 5.74) is 1.13. The fourth-order valence-electron chi connectivity index (χ4n) is 1.90. The molecule has 0 radical (unpaired) electrons. The first-order valence-corrected chi connectivity index (χ1v) is 8.17. The maximum absolute atomic E-state index is 11.8. The first-order chi connectivity index (χ1) is 9.42. The van der Waals surface area contributed by atoms with E-state index in [9.17, 15) is 4.79 Å². The number of nitrogens with one attached hydrogen (secondary N) is 2. The highest BCUT2D eigenvalue weighted by Gasteiger charge is 2.19. The van der Waals surface area contributed by atoms with Crippen LogP contribution in [0.15, 0.2) is 29.2 Å². The van der Waals surface area contributed by atoms with Gasteiger partial charge in [-0.25, -0.2) is 0 Å². The molecule has 0 spiro atoms. The molecule has 0 aromatic heterocycles. The van der Waals surface area contributed by atoms with Crippen LogP contribution in [0.3, 0.4) is 0 Å². The van der Waals surface area contributed by atoms with Gasteiger partial charge in [0.2, 0.25) is 5.91 Å². The van der Waals surface area contributed by atoms with Crippen molar-refractivity contribution in [2.45, 2.75) is 56.6 Å². The molecule has 0 aliphatic heterocycles. The highest BCUT2D eigenvalue weighted by Crippen LogP contribution is 2.22. The number of carbonyl (C=O) groups is 1. The molecule has 0 bridgehead atoms. The van der Waals surface area contributed by atoms with Gasteiger partial charge in [-0.05, 0) is 51.3 Å². The molecule has 0 atom stereocenters. The number of hydrogen-bond acceptors (Lipinski definition) is 3. The lowest BCUT2D eigenvalue weighted by molar-refractivity contribution is -0.119. The SMILES string of the molecule is CC(C)(C)NC(=O)CSc1cccc(CNC2CC2)c1. The zero-order valence-electron chi connectivity index (χ0n) is 12.5. The highest BCUT2D eigenvalue weighted by atomic mass is 32.2. The van der Waals surface area contributed by atoms with Crippen LogP contribution in [0.4, 0.5) is 0 Å². The first-order valence-electron chi connectivity index (χ1n) is 7.18. The molecule has 0 unspecified atom stereocenters. The van der Waals surface area contributed by atoms with Crippen LogP contribution in [0, 0.1) is 0 Å². The van der Waals surface area contributed by atoms with Crippen molar-refractivity contribution in [2.75, 3.05) is 5.75 Å². The molecule has 1 aromatic rings. The quantitative estimate of drug-likeness (QED) is 0.792. The normalized spacial score (nSPS) is 15.2. The Morgan fingerprint density at radius 3 is 2.75 bits per heavy atom. The molecular weight excluding hydrogens is 268 g/mol. The van der Waals surface area contributed by atoms with Crippen molar-refractivity contribution < 1.29 is 4.79 Å². The first kappa shape index (κ1) is 15.4. The van der Waals surface area contributed by atoms with Crippen molar-refractivity contribution in [3.63, 3.8) is 0 Å². The summed E-state index contributed by atoms with van der Waals surface area (Å²) >= 11 is 1.59. The van der Waals surface area contributed by atoms with Gasteiger partial charge < -0.3 is 10.6 Å². The van der Waals surface area contributed by atoms with Crippen molar-refractivity contribution in [3.05, 3.63) is 29.8 Å². The summed E-state index contributed by atoms with van der Waals surface area (Å²) < 4.78 is 0. The third-order valence-electron chi connectivity index (χ3n) is 2.96. The Morgan fingerprint density at radius 2 is 2.10 bits per heavy atom. The lowest BCUT2D eigenvalue weighted by Crippen LogP contribution is -2.41. The fraction of sp³-hybridized carbons (Fsp3) is 0.562. The number of carbonyl (C=O) groups excluding carboxylic acids is 1. The van der Waals surface area contributed by atoms with E-state index in [1.54, 1.807) is 11.8 Å². The molecule has 1 amide bonds. The smallest absolute Gasteiger partial charge is 0.230 e. The summed E-state index contributed by atoms with van der Waals surface area (Å²) in [5, 5.41) is 6.49. The van der Waals surface area contributed by atoms with E-state index < -0.39 is 0 Å². The van der Waals surface area contributed by atoms with Crippen LogP contribution in [0.25, 0.3) is 0 Å². The van der Waals surface area contributed by atoms with Crippen LogP contribution < -0.4 is 10.6 Å². The van der Waals surface area contributed by atoms with E-state index in [0.717, 1.165) is 17.5 Å². The van der Waals surface area contributed by atoms with Crippen molar-refractivity contribution in [1.29, 1.82) is 0 Å². The Morgan fingerprint density at radius 1 is 1.35 bits per heavy atom. The molecule has 20 heavy (non-hydrogen) atoms. The van der Waals surface area contributed by atoms with E-state index in [-0.39, 0.29) is 11.4 Å². The van der Waals surface area contributed by atoms with Gasteiger partial charge in [-0.1, -0.05) is 12.1 Å². The molecule has 0 saturated heterocycles. The Hall–Kier alpha value is -1.00. The zero-order valence-corrected chi connectivity index (χ0v) is 13.3. The van der Waals surface area contributed by atoms with Crippen LogP contribution >= 0.6 is 11.8 Å². The number of thioether (sulfide) groups is 1. The van der Waals surface area contributed by atoms with Crippen molar-refractivity contribution >= 4 is 17.7 Å². The predicted molar refractivity (Wildman–Crippen MR) is 84.9 cm³/mol. The second-order valence-corrected chi connectivity index (χ2v) is 7.44. The maximum atomic E-state index is 11.8. The van der Waals surface area contributed by atoms with Gasteiger partial charge in [-0.15, -0.1) is 11.8 Å². The molecule has 1 saturated carbocycles.